The number of fused-ring (bicyclic) bond motifs is 1. The molecule has 0 saturated carbocycles. The Morgan fingerprint density at radius 2 is 2.11 bits per heavy atom. The van der Waals surface area contributed by atoms with Crippen LogP contribution in [-0.4, -0.2) is 11.0 Å². The van der Waals surface area contributed by atoms with Crippen molar-refractivity contribution in [2.24, 2.45) is 5.73 Å². The molecule has 0 radical (unpaired) electrons. The fourth-order valence-corrected chi connectivity index (χ4v) is 1.87. The van der Waals surface area contributed by atoms with Gasteiger partial charge >= 0.3 is 6.03 Å². The van der Waals surface area contributed by atoms with E-state index in [-0.39, 0.29) is 0 Å². The molecule has 0 aliphatic carbocycles. The number of urea groups is 1. The van der Waals surface area contributed by atoms with E-state index in [1.54, 1.807) is 6.07 Å². The van der Waals surface area contributed by atoms with Crippen molar-refractivity contribution in [3.8, 4) is 0 Å². The molecule has 2 rings (SSSR count). The molecule has 1 aromatic heterocycles. The van der Waals surface area contributed by atoms with Crippen LogP contribution in [0.2, 0.25) is 0 Å². The summed E-state index contributed by atoms with van der Waals surface area (Å²) in [4.78, 5) is 14.9. The highest BCUT2D eigenvalue weighted by Crippen LogP contribution is 2.24. The third-order valence-corrected chi connectivity index (χ3v) is 2.69. The average molecular weight is 245 g/mol. The van der Waals surface area contributed by atoms with Crippen LogP contribution in [0.3, 0.4) is 0 Å². The second kappa shape index (κ2) is 4.79. The van der Waals surface area contributed by atoms with Crippen LogP contribution < -0.4 is 22.3 Å². The number of carbonyl (C=O) groups excluding carboxylic acids is 1. The zero-order valence-electron chi connectivity index (χ0n) is 10.0. The summed E-state index contributed by atoms with van der Waals surface area (Å²) in [5, 5.41) is 1.02. The molecule has 18 heavy (non-hydrogen) atoms. The summed E-state index contributed by atoms with van der Waals surface area (Å²) in [5.74, 6) is 0.521. The number of hydrogen-bond donors (Lipinski definition) is 4. The maximum atomic E-state index is 10.6. The molecule has 1 aromatic carbocycles. The van der Waals surface area contributed by atoms with Crippen LogP contribution in [0.4, 0.5) is 16.3 Å². The number of nitrogens with zero attached hydrogens (tertiary/aromatic N) is 1. The van der Waals surface area contributed by atoms with Gasteiger partial charge in [0.05, 0.1) is 5.52 Å². The lowest BCUT2D eigenvalue weighted by Gasteiger charge is -2.10. The van der Waals surface area contributed by atoms with Crippen molar-refractivity contribution in [1.29, 1.82) is 0 Å². The Balaban J connectivity index is 2.40. The Bertz CT molecular complexity index is 596. The van der Waals surface area contributed by atoms with Crippen molar-refractivity contribution >= 4 is 28.4 Å². The van der Waals surface area contributed by atoms with Crippen molar-refractivity contribution in [3.05, 3.63) is 29.8 Å². The van der Waals surface area contributed by atoms with Gasteiger partial charge in [-0.3, -0.25) is 10.9 Å². The number of aromatic nitrogens is 1. The molecular formula is C12H15N5O. The SMILES string of the molecule is CCc1c(N)ccc2nc(NNC(N)=O)ccc12. The molecule has 6 nitrogen and oxygen atoms in total. The number of nitrogen functional groups attached to an aromatic ring is 1. The highest BCUT2D eigenvalue weighted by Gasteiger charge is 2.05. The van der Waals surface area contributed by atoms with Gasteiger partial charge in [0.25, 0.3) is 0 Å². The number of aryl methyl sites for hydroxylation is 1. The van der Waals surface area contributed by atoms with Gasteiger partial charge in [0.15, 0.2) is 0 Å². The van der Waals surface area contributed by atoms with Crippen LogP contribution in [0.15, 0.2) is 24.3 Å². The van der Waals surface area contributed by atoms with E-state index < -0.39 is 6.03 Å². The molecular weight excluding hydrogens is 230 g/mol. The molecule has 6 N–H and O–H groups in total. The molecule has 94 valence electrons. The van der Waals surface area contributed by atoms with E-state index in [4.69, 9.17) is 11.5 Å². The lowest BCUT2D eigenvalue weighted by atomic mass is 10.0. The van der Waals surface area contributed by atoms with E-state index in [2.05, 4.69) is 15.8 Å². The predicted octanol–water partition coefficient (Wildman–Crippen LogP) is 1.37. The van der Waals surface area contributed by atoms with Gasteiger partial charge in [-0.05, 0) is 36.2 Å². The molecule has 6 heteroatoms. The van der Waals surface area contributed by atoms with Crippen LogP contribution in [0, 0.1) is 0 Å². The molecule has 0 atom stereocenters. The quantitative estimate of drug-likeness (QED) is 0.484. The number of carbonyl (C=O) groups is 1. The third-order valence-electron chi connectivity index (χ3n) is 2.69. The molecule has 1 heterocycles. The number of benzene rings is 1. The van der Waals surface area contributed by atoms with E-state index in [1.807, 2.05) is 25.1 Å². The molecule has 0 spiro atoms. The number of rotatable bonds is 3. The Labute approximate surface area is 104 Å². The number of amides is 2. The smallest absolute Gasteiger partial charge is 0.330 e. The summed E-state index contributed by atoms with van der Waals surface area (Å²) < 4.78 is 0. The van der Waals surface area contributed by atoms with Crippen LogP contribution in [-0.2, 0) is 6.42 Å². The monoisotopic (exact) mass is 245 g/mol. The zero-order valence-corrected chi connectivity index (χ0v) is 10.0. The van der Waals surface area contributed by atoms with E-state index in [0.29, 0.717) is 5.82 Å². The van der Waals surface area contributed by atoms with Crippen molar-refractivity contribution in [1.82, 2.24) is 10.4 Å². The van der Waals surface area contributed by atoms with Crippen molar-refractivity contribution in [2.45, 2.75) is 13.3 Å². The molecule has 0 aliphatic heterocycles. The second-order valence-corrected chi connectivity index (χ2v) is 3.86. The van der Waals surface area contributed by atoms with Crippen LogP contribution >= 0.6 is 0 Å². The first-order valence-corrected chi connectivity index (χ1v) is 5.61. The van der Waals surface area contributed by atoms with Crippen molar-refractivity contribution < 1.29 is 4.79 Å². The van der Waals surface area contributed by atoms with E-state index in [0.717, 1.165) is 28.6 Å². The lowest BCUT2D eigenvalue weighted by molar-refractivity contribution is 0.250. The minimum Gasteiger partial charge on any atom is -0.398 e. The van der Waals surface area contributed by atoms with Gasteiger partial charge in [0.2, 0.25) is 0 Å². The standard InChI is InChI=1S/C12H15N5O/c1-2-7-8-3-6-11(16-17-12(14)18)15-10(8)5-4-9(7)13/h3-6H,2,13H2,1H3,(H,15,16)(H3,14,17,18). The number of nitrogens with one attached hydrogen (secondary N) is 2. The van der Waals surface area contributed by atoms with Crippen molar-refractivity contribution in [3.63, 3.8) is 0 Å². The zero-order chi connectivity index (χ0) is 13.1. The Morgan fingerprint density at radius 1 is 1.33 bits per heavy atom. The topological polar surface area (TPSA) is 106 Å². The molecule has 0 aliphatic rings. The predicted molar refractivity (Wildman–Crippen MR) is 71.9 cm³/mol. The molecule has 2 aromatic rings. The van der Waals surface area contributed by atoms with Crippen molar-refractivity contribution in [2.75, 3.05) is 11.2 Å². The number of nitrogens with two attached hydrogens (primary N) is 2. The summed E-state index contributed by atoms with van der Waals surface area (Å²) in [5.41, 5.74) is 18.4. The maximum Gasteiger partial charge on any atom is 0.330 e. The lowest BCUT2D eigenvalue weighted by Crippen LogP contribution is -2.34. The first-order chi connectivity index (χ1) is 8.61. The fourth-order valence-electron chi connectivity index (χ4n) is 1.87. The number of anilines is 2. The van der Waals surface area contributed by atoms with E-state index in [1.165, 1.54) is 0 Å². The average Bonchev–Trinajstić information content (AvgIpc) is 2.36. The van der Waals surface area contributed by atoms with E-state index >= 15 is 0 Å². The summed E-state index contributed by atoms with van der Waals surface area (Å²) >= 11 is 0. The number of hydrogen-bond acceptors (Lipinski definition) is 4. The molecule has 2 amide bonds. The summed E-state index contributed by atoms with van der Waals surface area (Å²) in [6, 6.07) is 6.70. The number of primary amides is 1. The summed E-state index contributed by atoms with van der Waals surface area (Å²) in [7, 11) is 0. The third kappa shape index (κ3) is 2.27. The Kier molecular flexibility index (Phi) is 3.18. The highest BCUT2D eigenvalue weighted by atomic mass is 16.2. The minimum absolute atomic E-state index is 0.521. The number of hydrazine groups is 1. The maximum absolute atomic E-state index is 10.6. The first kappa shape index (κ1) is 12.0. The van der Waals surface area contributed by atoms with Gasteiger partial charge in [-0.2, -0.15) is 0 Å². The summed E-state index contributed by atoms with van der Waals surface area (Å²) in [6.07, 6.45) is 0.844. The fraction of sp³-hybridized carbons (Fsp3) is 0.167. The molecule has 0 saturated heterocycles. The summed E-state index contributed by atoms with van der Waals surface area (Å²) in [6.45, 7) is 2.05. The second-order valence-electron chi connectivity index (χ2n) is 3.86. The molecule has 0 fully saturated rings. The van der Waals surface area contributed by atoms with Gasteiger partial charge in [-0.1, -0.05) is 6.92 Å². The molecule has 0 bridgehead atoms. The van der Waals surface area contributed by atoms with Gasteiger partial charge < -0.3 is 11.5 Å². The van der Waals surface area contributed by atoms with Crippen LogP contribution in [0.5, 0.6) is 0 Å². The number of pyridine rings is 1. The first-order valence-electron chi connectivity index (χ1n) is 5.61. The minimum atomic E-state index is -0.663. The Morgan fingerprint density at radius 3 is 2.78 bits per heavy atom. The normalized spacial score (nSPS) is 10.3. The Hall–Kier alpha value is -2.50. The van der Waals surface area contributed by atoms with Gasteiger partial charge in [-0.25, -0.2) is 9.78 Å². The van der Waals surface area contributed by atoms with Gasteiger partial charge in [0, 0.05) is 11.1 Å². The molecule has 0 unspecified atom stereocenters. The van der Waals surface area contributed by atoms with Gasteiger partial charge in [-0.15, -0.1) is 0 Å². The highest BCUT2D eigenvalue weighted by molar-refractivity contribution is 5.88. The largest absolute Gasteiger partial charge is 0.398 e. The van der Waals surface area contributed by atoms with Crippen LogP contribution in [0.25, 0.3) is 10.9 Å². The van der Waals surface area contributed by atoms with E-state index in [9.17, 15) is 4.79 Å². The van der Waals surface area contributed by atoms with Gasteiger partial charge in [0.1, 0.15) is 5.82 Å². The van der Waals surface area contributed by atoms with Crippen LogP contribution in [0.1, 0.15) is 12.5 Å².